The lowest BCUT2D eigenvalue weighted by atomic mass is 9.94. The molecule has 0 spiro atoms. The number of nitrogens with one attached hydrogen (secondary N) is 1. The van der Waals surface area contributed by atoms with Crippen molar-refractivity contribution in [1.29, 1.82) is 0 Å². The van der Waals surface area contributed by atoms with Gasteiger partial charge in [-0.05, 0) is 44.2 Å². The van der Waals surface area contributed by atoms with Crippen LogP contribution in [0.1, 0.15) is 46.2 Å². The van der Waals surface area contributed by atoms with Crippen LogP contribution in [0.15, 0.2) is 29.1 Å². The molecule has 2 aliphatic rings. The minimum atomic E-state index is -0.348. The summed E-state index contributed by atoms with van der Waals surface area (Å²) in [5.41, 5.74) is 2.15. The highest BCUT2D eigenvalue weighted by atomic mass is 19.1. The molecule has 6 nitrogen and oxygen atoms in total. The number of likely N-dealkylation sites (tertiary alicyclic amines) is 1. The van der Waals surface area contributed by atoms with E-state index in [4.69, 9.17) is 4.98 Å². The number of amides is 1. The van der Waals surface area contributed by atoms with Gasteiger partial charge in [0, 0.05) is 44.1 Å². The number of benzene rings is 1. The van der Waals surface area contributed by atoms with Gasteiger partial charge in [0.2, 0.25) is 0 Å². The fourth-order valence-corrected chi connectivity index (χ4v) is 3.90. The number of aromatic nitrogens is 2. The highest BCUT2D eigenvalue weighted by Gasteiger charge is 2.27. The summed E-state index contributed by atoms with van der Waals surface area (Å²) in [4.78, 5) is 36.6. The molecule has 0 unspecified atom stereocenters. The van der Waals surface area contributed by atoms with Crippen LogP contribution in [-0.4, -0.2) is 52.4 Å². The van der Waals surface area contributed by atoms with Gasteiger partial charge in [0.05, 0.1) is 11.3 Å². The normalized spacial score (nSPS) is 18.4. The molecular weight excluding hydrogens is 347 g/mol. The molecule has 142 valence electrons. The van der Waals surface area contributed by atoms with E-state index in [-0.39, 0.29) is 23.2 Å². The van der Waals surface area contributed by atoms with E-state index < -0.39 is 0 Å². The summed E-state index contributed by atoms with van der Waals surface area (Å²) in [6.07, 6.45) is 2.31. The summed E-state index contributed by atoms with van der Waals surface area (Å²) in [5.74, 6) is 0.472. The van der Waals surface area contributed by atoms with E-state index in [0.29, 0.717) is 25.2 Å². The Kier molecular flexibility index (Phi) is 4.78. The maximum absolute atomic E-state index is 13.0. The first-order chi connectivity index (χ1) is 13.0. The number of likely N-dealkylation sites (N-methyl/N-ethyl adjacent to an activating group) is 1. The lowest BCUT2D eigenvalue weighted by molar-refractivity contribution is 0.0711. The lowest BCUT2D eigenvalue weighted by Gasteiger charge is -2.32. The summed E-state index contributed by atoms with van der Waals surface area (Å²) in [7, 11) is 2.00. The van der Waals surface area contributed by atoms with Crippen molar-refractivity contribution in [2.75, 3.05) is 26.7 Å². The zero-order valence-electron chi connectivity index (χ0n) is 15.4. The molecule has 1 fully saturated rings. The van der Waals surface area contributed by atoms with Crippen molar-refractivity contribution in [3.05, 3.63) is 63.1 Å². The Hall–Kier alpha value is -2.54. The summed E-state index contributed by atoms with van der Waals surface area (Å²) in [6, 6.07) is 5.64. The zero-order valence-corrected chi connectivity index (χ0v) is 15.4. The van der Waals surface area contributed by atoms with Gasteiger partial charge in [-0.1, -0.05) is 0 Å². The predicted octanol–water partition coefficient (Wildman–Crippen LogP) is 1.92. The second-order valence-electron chi connectivity index (χ2n) is 7.44. The van der Waals surface area contributed by atoms with Crippen molar-refractivity contribution < 1.29 is 9.18 Å². The monoisotopic (exact) mass is 370 g/mol. The molecule has 0 saturated carbocycles. The zero-order chi connectivity index (χ0) is 19.0. The van der Waals surface area contributed by atoms with Crippen LogP contribution < -0.4 is 5.56 Å². The topological polar surface area (TPSA) is 69.3 Å². The maximum atomic E-state index is 13.0. The van der Waals surface area contributed by atoms with Gasteiger partial charge in [-0.25, -0.2) is 9.37 Å². The third-order valence-electron chi connectivity index (χ3n) is 5.54. The number of nitrogens with zero attached hydrogens (tertiary/aromatic N) is 3. The Morgan fingerprint density at radius 1 is 1.19 bits per heavy atom. The van der Waals surface area contributed by atoms with Crippen LogP contribution in [0.25, 0.3) is 0 Å². The number of H-pyrrole nitrogens is 1. The van der Waals surface area contributed by atoms with E-state index in [1.165, 1.54) is 24.3 Å². The minimum absolute atomic E-state index is 0.0358. The van der Waals surface area contributed by atoms with Gasteiger partial charge in [-0.15, -0.1) is 0 Å². The van der Waals surface area contributed by atoms with Crippen molar-refractivity contribution in [2.24, 2.45) is 0 Å². The van der Waals surface area contributed by atoms with E-state index in [9.17, 15) is 14.0 Å². The Labute approximate surface area is 157 Å². The van der Waals surface area contributed by atoms with Gasteiger partial charge in [0.25, 0.3) is 11.5 Å². The predicted molar refractivity (Wildman–Crippen MR) is 99.2 cm³/mol. The number of piperidine rings is 1. The molecule has 2 aromatic rings. The molecule has 1 N–H and O–H groups in total. The van der Waals surface area contributed by atoms with Crippen LogP contribution in [0.2, 0.25) is 0 Å². The largest absolute Gasteiger partial charge is 0.339 e. The number of carbonyl (C=O) groups is 1. The second-order valence-corrected chi connectivity index (χ2v) is 7.44. The van der Waals surface area contributed by atoms with Crippen molar-refractivity contribution in [3.63, 3.8) is 0 Å². The summed E-state index contributed by atoms with van der Waals surface area (Å²) in [6.45, 7) is 2.75. The number of hydrogen-bond donors (Lipinski definition) is 1. The number of aromatic amines is 1. The van der Waals surface area contributed by atoms with E-state index in [0.717, 1.165) is 42.9 Å². The summed E-state index contributed by atoms with van der Waals surface area (Å²) >= 11 is 0. The molecule has 1 aromatic heterocycles. The van der Waals surface area contributed by atoms with Crippen molar-refractivity contribution in [1.82, 2.24) is 19.8 Å². The minimum Gasteiger partial charge on any atom is -0.339 e. The smallest absolute Gasteiger partial charge is 0.255 e. The Balaban J connectivity index is 1.45. The van der Waals surface area contributed by atoms with Crippen molar-refractivity contribution in [2.45, 2.75) is 31.7 Å². The van der Waals surface area contributed by atoms with Gasteiger partial charge in [-0.2, -0.15) is 0 Å². The first-order valence-corrected chi connectivity index (χ1v) is 9.36. The van der Waals surface area contributed by atoms with Crippen LogP contribution in [0.4, 0.5) is 4.39 Å². The standard InChI is InChI=1S/C20H23FN4O2/c1-24-9-8-17-16(12-24)19(26)23-18(22-17)13-6-10-25(11-7-13)20(27)14-2-4-15(21)5-3-14/h2-5,13H,6-12H2,1H3,(H,22,23,26). The quantitative estimate of drug-likeness (QED) is 0.877. The Bertz CT molecular complexity index is 901. The molecule has 7 heteroatoms. The SMILES string of the molecule is CN1CCc2nc(C3CCN(C(=O)c4ccc(F)cc4)CC3)[nH]c(=O)c2C1. The van der Waals surface area contributed by atoms with E-state index in [1.54, 1.807) is 4.90 Å². The first kappa shape index (κ1) is 17.9. The maximum Gasteiger partial charge on any atom is 0.255 e. The first-order valence-electron chi connectivity index (χ1n) is 9.36. The molecule has 2 aliphatic heterocycles. The highest BCUT2D eigenvalue weighted by molar-refractivity contribution is 5.94. The van der Waals surface area contributed by atoms with Gasteiger partial charge >= 0.3 is 0 Å². The third kappa shape index (κ3) is 3.64. The lowest BCUT2D eigenvalue weighted by Crippen LogP contribution is -2.39. The average molecular weight is 370 g/mol. The Morgan fingerprint density at radius 3 is 2.59 bits per heavy atom. The van der Waals surface area contributed by atoms with Gasteiger partial charge in [0.15, 0.2) is 0 Å². The van der Waals surface area contributed by atoms with Gasteiger partial charge in [0.1, 0.15) is 11.6 Å². The van der Waals surface area contributed by atoms with Crippen LogP contribution in [-0.2, 0) is 13.0 Å². The van der Waals surface area contributed by atoms with Crippen LogP contribution in [0, 0.1) is 5.82 Å². The second kappa shape index (κ2) is 7.23. The molecule has 1 saturated heterocycles. The molecule has 0 aliphatic carbocycles. The molecule has 0 bridgehead atoms. The number of carbonyl (C=O) groups excluding carboxylic acids is 1. The highest BCUT2D eigenvalue weighted by Crippen LogP contribution is 2.27. The van der Waals surface area contributed by atoms with E-state index in [2.05, 4.69) is 9.88 Å². The van der Waals surface area contributed by atoms with Crippen LogP contribution in [0.5, 0.6) is 0 Å². The fourth-order valence-electron chi connectivity index (χ4n) is 3.90. The molecule has 4 rings (SSSR count). The number of hydrogen-bond acceptors (Lipinski definition) is 4. The molecule has 1 amide bonds. The van der Waals surface area contributed by atoms with Crippen molar-refractivity contribution >= 4 is 5.91 Å². The van der Waals surface area contributed by atoms with E-state index in [1.807, 2.05) is 7.05 Å². The fraction of sp³-hybridized carbons (Fsp3) is 0.450. The van der Waals surface area contributed by atoms with Crippen molar-refractivity contribution in [3.8, 4) is 0 Å². The van der Waals surface area contributed by atoms with Crippen LogP contribution >= 0.6 is 0 Å². The molecule has 1 aromatic carbocycles. The molecule has 3 heterocycles. The summed E-state index contributed by atoms with van der Waals surface area (Å²) in [5, 5.41) is 0. The van der Waals surface area contributed by atoms with Gasteiger partial charge in [-0.3, -0.25) is 9.59 Å². The summed E-state index contributed by atoms with van der Waals surface area (Å²) < 4.78 is 13.0. The van der Waals surface area contributed by atoms with E-state index >= 15 is 0 Å². The number of fused-ring (bicyclic) bond motifs is 1. The molecular formula is C20H23FN4O2. The molecule has 0 radical (unpaired) electrons. The third-order valence-corrected chi connectivity index (χ3v) is 5.54. The average Bonchev–Trinajstić information content (AvgIpc) is 2.68. The number of halogens is 1. The molecule has 0 atom stereocenters. The van der Waals surface area contributed by atoms with Crippen LogP contribution in [0.3, 0.4) is 0 Å². The Morgan fingerprint density at radius 2 is 1.89 bits per heavy atom. The number of rotatable bonds is 2. The molecule has 27 heavy (non-hydrogen) atoms. The van der Waals surface area contributed by atoms with Gasteiger partial charge < -0.3 is 14.8 Å².